The number of para-hydroxylation sites is 2. The van der Waals surface area contributed by atoms with Crippen molar-refractivity contribution >= 4 is 77.9 Å². The van der Waals surface area contributed by atoms with Gasteiger partial charge in [0.1, 0.15) is 0 Å². The number of rotatable bonds is 2. The van der Waals surface area contributed by atoms with Crippen molar-refractivity contribution in [2.75, 3.05) is 7.11 Å². The van der Waals surface area contributed by atoms with Crippen molar-refractivity contribution in [3.8, 4) is 11.6 Å². The molecule has 0 atom stereocenters. The van der Waals surface area contributed by atoms with Crippen molar-refractivity contribution in [1.29, 1.82) is 0 Å². The van der Waals surface area contributed by atoms with E-state index in [9.17, 15) is 0 Å². The molecule has 0 saturated carbocycles. The number of imidazole rings is 2. The molecule has 0 aliphatic heterocycles. The van der Waals surface area contributed by atoms with Gasteiger partial charge in [0, 0.05) is 0 Å². The first kappa shape index (κ1) is 20.0. The summed E-state index contributed by atoms with van der Waals surface area (Å²) < 4.78 is 19.9. The Morgan fingerprint density at radius 2 is 1.79 bits per heavy atom. The molecule has 0 aliphatic carbocycles. The minimum atomic E-state index is 0.708. The van der Waals surface area contributed by atoms with E-state index >= 15 is 0 Å². The second kappa shape index (κ2) is 7.03. The zero-order valence-corrected chi connectivity index (χ0v) is 23.5. The standard InChI is InChI=1S/C27H20N4O2.Bi.2H/c1-16-21(32-3)13-12-20-25(16)31(27-28-18-9-5-6-10-19(18)30(20)27)24-15-14-23-26(29(24)2)17-8-4-7-11-22(17)33-23;;;/h4-8,10-15H,1-3H3;;;/q+1;;;. The van der Waals surface area contributed by atoms with Gasteiger partial charge in [0.05, 0.1) is 0 Å². The summed E-state index contributed by atoms with van der Waals surface area (Å²) in [5, 5.41) is 1.10. The average molecular weight is 643 g/mol. The molecular weight excluding hydrogens is 621 g/mol. The van der Waals surface area contributed by atoms with Crippen LogP contribution in [0.2, 0.25) is 0 Å². The molecule has 0 radical (unpaired) electrons. The van der Waals surface area contributed by atoms with Crippen LogP contribution in [-0.4, -0.2) is 45.8 Å². The zero-order valence-electron chi connectivity index (χ0n) is 19.0. The molecule has 7 rings (SSSR count). The number of fused-ring (bicyclic) bond motifs is 8. The number of ether oxygens (including phenoxy) is 1. The van der Waals surface area contributed by atoms with E-state index in [1.807, 2.05) is 18.2 Å². The monoisotopic (exact) mass is 643 g/mol. The molecule has 7 heteroatoms. The normalized spacial score (nSPS) is 12.1. The van der Waals surface area contributed by atoms with Gasteiger partial charge in [-0.05, 0) is 0 Å². The Bertz CT molecular complexity index is 1940. The quantitative estimate of drug-likeness (QED) is 0.213. The van der Waals surface area contributed by atoms with Gasteiger partial charge in [0.2, 0.25) is 0 Å². The summed E-state index contributed by atoms with van der Waals surface area (Å²) in [6, 6.07) is 23.0. The topological polar surface area (TPSA) is 48.5 Å². The molecule has 7 aromatic rings. The molecular formula is C27H22BiN4O2+. The van der Waals surface area contributed by atoms with E-state index in [0.717, 1.165) is 67.0 Å². The number of benzene rings is 3. The fraction of sp³-hybridized carbons (Fsp3) is 0.111. The molecule has 0 N–H and O–H groups in total. The van der Waals surface area contributed by atoms with Crippen LogP contribution in [0.1, 0.15) is 5.56 Å². The van der Waals surface area contributed by atoms with Crippen LogP contribution in [-0.2, 0) is 7.05 Å². The average Bonchev–Trinajstić information content (AvgIpc) is 3.50. The number of methoxy groups -OCH3 is 1. The molecule has 0 aliphatic rings. The number of hydrogen-bond acceptors (Lipinski definition) is 3. The summed E-state index contributed by atoms with van der Waals surface area (Å²) in [4.78, 5) is 5.19. The molecule has 0 amide bonds. The van der Waals surface area contributed by atoms with Gasteiger partial charge < -0.3 is 0 Å². The zero-order chi connectivity index (χ0) is 23.1. The summed E-state index contributed by atoms with van der Waals surface area (Å²) in [5.41, 5.74) is 8.33. The SMILES string of the molecule is COc1ccc2c(c1C)n(-c1ccc3oc4ccccc4c3[n+]1C)c1nc3[c]([BiH2])cccc3n21. The third kappa shape index (κ3) is 2.48. The van der Waals surface area contributed by atoms with E-state index in [4.69, 9.17) is 14.1 Å². The van der Waals surface area contributed by atoms with Crippen molar-refractivity contribution in [1.82, 2.24) is 14.0 Å². The van der Waals surface area contributed by atoms with E-state index in [0.29, 0.717) is 24.7 Å². The van der Waals surface area contributed by atoms with Gasteiger partial charge in [-0.3, -0.25) is 0 Å². The number of pyridine rings is 1. The van der Waals surface area contributed by atoms with Crippen molar-refractivity contribution < 1.29 is 13.7 Å². The van der Waals surface area contributed by atoms with Crippen molar-refractivity contribution in [2.45, 2.75) is 6.92 Å². The first-order valence-corrected chi connectivity index (χ1v) is 13.4. The predicted molar refractivity (Wildman–Crippen MR) is 137 cm³/mol. The Morgan fingerprint density at radius 1 is 0.941 bits per heavy atom. The molecule has 0 fully saturated rings. The summed E-state index contributed by atoms with van der Waals surface area (Å²) in [6.45, 7) is 2.12. The molecule has 6 nitrogen and oxygen atoms in total. The van der Waals surface area contributed by atoms with Crippen LogP contribution in [0.5, 0.6) is 5.75 Å². The Hall–Kier alpha value is -3.44. The van der Waals surface area contributed by atoms with Crippen LogP contribution in [0.15, 0.2) is 71.1 Å². The first-order valence-electron chi connectivity index (χ1n) is 11.1. The third-order valence-corrected chi connectivity index (χ3v) is 8.64. The van der Waals surface area contributed by atoms with Crippen molar-refractivity contribution in [3.63, 3.8) is 0 Å². The number of aromatic nitrogens is 4. The fourth-order valence-electron chi connectivity index (χ4n) is 5.28. The van der Waals surface area contributed by atoms with Crippen LogP contribution >= 0.6 is 0 Å². The summed E-state index contributed by atoms with van der Waals surface area (Å²) >= 11 is 0.708. The van der Waals surface area contributed by atoms with E-state index < -0.39 is 0 Å². The molecule has 34 heavy (non-hydrogen) atoms. The van der Waals surface area contributed by atoms with Gasteiger partial charge in [0.15, 0.2) is 0 Å². The second-order valence-electron chi connectivity index (χ2n) is 8.62. The van der Waals surface area contributed by atoms with Gasteiger partial charge in [-0.15, -0.1) is 0 Å². The maximum absolute atomic E-state index is 6.14. The van der Waals surface area contributed by atoms with E-state index in [-0.39, 0.29) is 0 Å². The number of nitrogens with zero attached hydrogens (tertiary/aromatic N) is 4. The number of hydrogen-bond donors (Lipinski definition) is 0. The molecule has 166 valence electrons. The molecule has 0 bridgehead atoms. The summed E-state index contributed by atoms with van der Waals surface area (Å²) in [5.74, 6) is 2.78. The molecule has 4 heterocycles. The number of aryl methyl sites for hydroxylation is 2. The van der Waals surface area contributed by atoms with Gasteiger partial charge in [-0.1, -0.05) is 0 Å². The minimum absolute atomic E-state index is 0.708. The Balaban J connectivity index is 1.71. The summed E-state index contributed by atoms with van der Waals surface area (Å²) in [6.07, 6.45) is 0. The summed E-state index contributed by atoms with van der Waals surface area (Å²) in [7, 11) is 3.82. The molecule has 3 aromatic carbocycles. The predicted octanol–water partition coefficient (Wildman–Crippen LogP) is 3.73. The van der Waals surface area contributed by atoms with Crippen LogP contribution in [0, 0.1) is 6.92 Å². The van der Waals surface area contributed by atoms with E-state index in [1.165, 1.54) is 3.27 Å². The van der Waals surface area contributed by atoms with Crippen LogP contribution in [0.3, 0.4) is 0 Å². The van der Waals surface area contributed by atoms with Gasteiger partial charge in [-0.25, -0.2) is 0 Å². The van der Waals surface area contributed by atoms with Gasteiger partial charge in [-0.2, -0.15) is 0 Å². The third-order valence-electron chi connectivity index (χ3n) is 6.83. The van der Waals surface area contributed by atoms with Crippen LogP contribution in [0.4, 0.5) is 0 Å². The molecule has 0 unspecified atom stereocenters. The Labute approximate surface area is 209 Å². The van der Waals surface area contributed by atoms with E-state index in [2.05, 4.69) is 76.0 Å². The van der Waals surface area contributed by atoms with Crippen LogP contribution in [0.25, 0.3) is 55.7 Å². The molecule has 0 saturated heterocycles. The fourth-order valence-corrected chi connectivity index (χ4v) is 6.53. The second-order valence-corrected chi connectivity index (χ2v) is 11.0. The Morgan fingerprint density at radius 3 is 2.65 bits per heavy atom. The van der Waals surface area contributed by atoms with Gasteiger partial charge in [0.25, 0.3) is 0 Å². The van der Waals surface area contributed by atoms with Crippen LogP contribution < -0.4 is 12.6 Å². The molecule has 4 aromatic heterocycles. The van der Waals surface area contributed by atoms with Crippen molar-refractivity contribution in [3.05, 3.63) is 72.3 Å². The maximum atomic E-state index is 6.14. The first-order chi connectivity index (χ1) is 16.6. The Kier molecular flexibility index (Phi) is 4.13. The number of furan rings is 1. The van der Waals surface area contributed by atoms with E-state index in [1.54, 1.807) is 7.11 Å². The van der Waals surface area contributed by atoms with Crippen molar-refractivity contribution in [2.24, 2.45) is 7.05 Å². The van der Waals surface area contributed by atoms with Gasteiger partial charge >= 0.3 is 211 Å². The molecule has 0 spiro atoms.